The van der Waals surface area contributed by atoms with Gasteiger partial charge in [-0.25, -0.2) is 4.98 Å². The zero-order chi connectivity index (χ0) is 13.7. The summed E-state index contributed by atoms with van der Waals surface area (Å²) in [4.78, 5) is 18.9. The molecule has 102 valence electrons. The molecule has 0 unspecified atom stereocenters. The molecule has 2 aromatic rings. The number of nitrogen functional groups attached to an aromatic ring is 1. The molecule has 0 spiro atoms. The van der Waals surface area contributed by atoms with Crippen molar-refractivity contribution in [3.8, 4) is 0 Å². The van der Waals surface area contributed by atoms with Gasteiger partial charge in [-0.15, -0.1) is 0 Å². The highest BCUT2D eigenvalue weighted by Gasteiger charge is 2.03. The van der Waals surface area contributed by atoms with Gasteiger partial charge in [0.05, 0.1) is 10.9 Å². The summed E-state index contributed by atoms with van der Waals surface area (Å²) >= 11 is 0. The van der Waals surface area contributed by atoms with E-state index in [9.17, 15) is 4.79 Å². The van der Waals surface area contributed by atoms with Gasteiger partial charge in [0.15, 0.2) is 0 Å². The first-order valence-electron chi connectivity index (χ1n) is 6.23. The van der Waals surface area contributed by atoms with Crippen molar-refractivity contribution in [2.24, 2.45) is 0 Å². The summed E-state index contributed by atoms with van der Waals surface area (Å²) in [6.45, 7) is 1.48. The molecule has 19 heavy (non-hydrogen) atoms. The number of nitrogens with two attached hydrogens (primary N) is 1. The molecule has 0 saturated heterocycles. The molecule has 0 radical (unpaired) electrons. The monoisotopic (exact) mass is 262 g/mol. The second-order valence-corrected chi connectivity index (χ2v) is 4.32. The quantitative estimate of drug-likeness (QED) is 0.539. The van der Waals surface area contributed by atoms with Gasteiger partial charge in [-0.3, -0.25) is 9.78 Å². The first kappa shape index (κ1) is 13.4. The van der Waals surface area contributed by atoms with E-state index in [1.165, 1.54) is 0 Å². The number of aromatic amines is 1. The lowest BCUT2D eigenvalue weighted by molar-refractivity contribution is 0.193. The van der Waals surface area contributed by atoms with Gasteiger partial charge in [-0.05, 0) is 31.0 Å². The molecule has 1 aromatic heterocycles. The number of fused-ring (bicyclic) bond motifs is 1. The highest BCUT2D eigenvalue weighted by molar-refractivity contribution is 5.81. The molecule has 0 saturated carbocycles. The Morgan fingerprint density at radius 3 is 3.05 bits per heavy atom. The highest BCUT2D eigenvalue weighted by Crippen LogP contribution is 2.12. The molecule has 0 aliphatic carbocycles. The largest absolute Gasteiger partial charge is 0.399 e. The van der Waals surface area contributed by atoms with Gasteiger partial charge >= 0.3 is 0 Å². The van der Waals surface area contributed by atoms with Crippen LogP contribution in [0.4, 0.5) is 11.6 Å². The van der Waals surface area contributed by atoms with E-state index in [1.54, 1.807) is 25.3 Å². The summed E-state index contributed by atoms with van der Waals surface area (Å²) in [7, 11) is 1.68. The normalized spacial score (nSPS) is 10.8. The van der Waals surface area contributed by atoms with Crippen LogP contribution >= 0.6 is 0 Å². The van der Waals surface area contributed by atoms with Crippen LogP contribution in [0.3, 0.4) is 0 Å². The Morgan fingerprint density at radius 1 is 1.42 bits per heavy atom. The minimum absolute atomic E-state index is 0.184. The molecule has 1 heterocycles. The molecule has 0 amide bonds. The van der Waals surface area contributed by atoms with Crippen LogP contribution < -0.4 is 16.6 Å². The first-order valence-corrected chi connectivity index (χ1v) is 6.23. The molecular weight excluding hydrogens is 244 g/mol. The Morgan fingerprint density at radius 2 is 2.26 bits per heavy atom. The fraction of sp³-hybridized carbons (Fsp3) is 0.385. The predicted octanol–water partition coefficient (Wildman–Crippen LogP) is 1.34. The smallest absolute Gasteiger partial charge is 0.260 e. The lowest BCUT2D eigenvalue weighted by Crippen LogP contribution is -2.14. The molecule has 0 atom stereocenters. The maximum Gasteiger partial charge on any atom is 0.260 e. The fourth-order valence-corrected chi connectivity index (χ4v) is 1.82. The summed E-state index contributed by atoms with van der Waals surface area (Å²) in [5, 5.41) is 3.60. The molecule has 6 nitrogen and oxygen atoms in total. The molecule has 6 heteroatoms. The van der Waals surface area contributed by atoms with Crippen LogP contribution in [-0.2, 0) is 4.74 Å². The molecule has 4 N–H and O–H groups in total. The SMILES string of the molecule is COCCCCNc1nc2ccc(N)cc2c(=O)[nH]1. The third-order valence-corrected chi connectivity index (χ3v) is 2.80. The molecular formula is C13H18N4O2. The Kier molecular flexibility index (Phi) is 4.35. The minimum Gasteiger partial charge on any atom is -0.399 e. The van der Waals surface area contributed by atoms with Crippen molar-refractivity contribution < 1.29 is 4.74 Å². The van der Waals surface area contributed by atoms with E-state index in [0.717, 1.165) is 26.0 Å². The van der Waals surface area contributed by atoms with Crippen molar-refractivity contribution >= 4 is 22.5 Å². The lowest BCUT2D eigenvalue weighted by Gasteiger charge is -2.06. The van der Waals surface area contributed by atoms with Crippen molar-refractivity contribution in [1.82, 2.24) is 9.97 Å². The summed E-state index contributed by atoms with van der Waals surface area (Å²) in [5.41, 5.74) is 6.66. The van der Waals surface area contributed by atoms with Crippen LogP contribution in [0.5, 0.6) is 0 Å². The zero-order valence-corrected chi connectivity index (χ0v) is 10.9. The Hall–Kier alpha value is -2.08. The van der Waals surface area contributed by atoms with Crippen LogP contribution in [0.2, 0.25) is 0 Å². The van der Waals surface area contributed by atoms with E-state index in [1.807, 2.05) is 0 Å². The van der Waals surface area contributed by atoms with Crippen LogP contribution in [0.15, 0.2) is 23.0 Å². The summed E-state index contributed by atoms with van der Waals surface area (Å²) in [6, 6.07) is 5.11. The van der Waals surface area contributed by atoms with Gasteiger partial charge in [0, 0.05) is 25.9 Å². The third kappa shape index (κ3) is 3.45. The second kappa shape index (κ2) is 6.19. The number of hydrogen-bond acceptors (Lipinski definition) is 5. The molecule has 0 aliphatic heterocycles. The number of unbranched alkanes of at least 4 members (excludes halogenated alkanes) is 1. The van der Waals surface area contributed by atoms with Crippen LogP contribution in [-0.4, -0.2) is 30.2 Å². The van der Waals surface area contributed by atoms with Crippen molar-refractivity contribution in [2.75, 3.05) is 31.3 Å². The van der Waals surface area contributed by atoms with Crippen molar-refractivity contribution in [1.29, 1.82) is 0 Å². The standard InChI is InChI=1S/C13H18N4O2/c1-19-7-3-2-6-15-13-16-11-5-4-9(14)8-10(11)12(18)17-13/h4-5,8H,2-3,6-7,14H2,1H3,(H2,15,16,17,18). The predicted molar refractivity (Wildman–Crippen MR) is 76.4 cm³/mol. The molecule has 0 bridgehead atoms. The fourth-order valence-electron chi connectivity index (χ4n) is 1.82. The number of rotatable bonds is 6. The maximum absolute atomic E-state index is 11.9. The van der Waals surface area contributed by atoms with E-state index in [4.69, 9.17) is 10.5 Å². The number of ether oxygens (including phenoxy) is 1. The molecule has 1 aromatic carbocycles. The summed E-state index contributed by atoms with van der Waals surface area (Å²) < 4.78 is 4.97. The topological polar surface area (TPSA) is 93.0 Å². The van der Waals surface area contributed by atoms with E-state index < -0.39 is 0 Å². The van der Waals surface area contributed by atoms with E-state index in [2.05, 4.69) is 15.3 Å². The number of methoxy groups -OCH3 is 1. The van der Waals surface area contributed by atoms with E-state index in [-0.39, 0.29) is 5.56 Å². The van der Waals surface area contributed by atoms with Gasteiger partial charge in [0.1, 0.15) is 0 Å². The number of hydrogen-bond donors (Lipinski definition) is 3. The lowest BCUT2D eigenvalue weighted by atomic mass is 10.2. The number of nitrogens with zero attached hydrogens (tertiary/aromatic N) is 1. The minimum atomic E-state index is -0.184. The number of nitrogens with one attached hydrogen (secondary N) is 2. The molecule has 2 rings (SSSR count). The summed E-state index contributed by atoms with van der Waals surface area (Å²) in [6.07, 6.45) is 1.93. The van der Waals surface area contributed by atoms with Crippen molar-refractivity contribution in [2.45, 2.75) is 12.8 Å². The van der Waals surface area contributed by atoms with Crippen molar-refractivity contribution in [3.05, 3.63) is 28.6 Å². The molecule has 0 fully saturated rings. The number of H-pyrrole nitrogens is 1. The van der Waals surface area contributed by atoms with Crippen LogP contribution in [0.1, 0.15) is 12.8 Å². The van der Waals surface area contributed by atoms with E-state index in [0.29, 0.717) is 22.5 Å². The first-order chi connectivity index (χ1) is 9.20. The maximum atomic E-state index is 11.9. The van der Waals surface area contributed by atoms with Gasteiger partial charge in [-0.2, -0.15) is 0 Å². The highest BCUT2D eigenvalue weighted by atomic mass is 16.5. The van der Waals surface area contributed by atoms with Crippen LogP contribution in [0.25, 0.3) is 10.9 Å². The Balaban J connectivity index is 2.08. The van der Waals surface area contributed by atoms with Gasteiger partial charge in [0.25, 0.3) is 5.56 Å². The number of anilines is 2. The van der Waals surface area contributed by atoms with Gasteiger partial charge in [0.2, 0.25) is 5.95 Å². The second-order valence-electron chi connectivity index (χ2n) is 4.32. The average molecular weight is 262 g/mol. The van der Waals surface area contributed by atoms with Gasteiger partial charge in [-0.1, -0.05) is 0 Å². The van der Waals surface area contributed by atoms with Crippen LogP contribution in [0, 0.1) is 0 Å². The summed E-state index contributed by atoms with van der Waals surface area (Å²) in [5.74, 6) is 0.486. The third-order valence-electron chi connectivity index (χ3n) is 2.80. The number of aromatic nitrogens is 2. The Labute approximate surface area is 111 Å². The molecule has 0 aliphatic rings. The van der Waals surface area contributed by atoms with E-state index >= 15 is 0 Å². The zero-order valence-electron chi connectivity index (χ0n) is 10.9. The van der Waals surface area contributed by atoms with Gasteiger partial charge < -0.3 is 15.8 Å². The Bertz CT molecular complexity index is 609. The average Bonchev–Trinajstić information content (AvgIpc) is 2.39. The number of benzene rings is 1. The van der Waals surface area contributed by atoms with Crippen molar-refractivity contribution in [3.63, 3.8) is 0 Å².